The third kappa shape index (κ3) is 4.16. The molecule has 7 nitrogen and oxygen atoms in total. The van der Waals surface area contributed by atoms with Crippen molar-refractivity contribution in [1.29, 1.82) is 0 Å². The number of benzene rings is 2. The number of unbranched alkanes of at least 4 members (excludes halogenated alkanes) is 1. The lowest BCUT2D eigenvalue weighted by atomic mass is 9.94. The third-order valence-corrected chi connectivity index (χ3v) is 4.66. The number of non-ortho nitro benzene ring substituents is 1. The van der Waals surface area contributed by atoms with Crippen molar-refractivity contribution in [3.63, 3.8) is 0 Å². The highest BCUT2D eigenvalue weighted by Gasteiger charge is 2.28. The van der Waals surface area contributed by atoms with Crippen LogP contribution in [0.2, 0.25) is 0 Å². The molecule has 3 rings (SSSR count). The molecule has 0 saturated carbocycles. The Hall–Kier alpha value is -3.55. The smallest absolute Gasteiger partial charge is 0.279 e. The van der Waals surface area contributed by atoms with Gasteiger partial charge in [0.05, 0.1) is 16.4 Å². The highest BCUT2D eigenvalue weighted by Crippen LogP contribution is 2.39. The van der Waals surface area contributed by atoms with Gasteiger partial charge in [-0.3, -0.25) is 19.9 Å². The molecule has 2 N–H and O–H groups in total. The van der Waals surface area contributed by atoms with E-state index in [0.717, 1.165) is 12.5 Å². The molecule has 1 atom stereocenters. The highest BCUT2D eigenvalue weighted by molar-refractivity contribution is 5.94. The van der Waals surface area contributed by atoms with Gasteiger partial charge in [-0.15, -0.1) is 0 Å². The number of pyridine rings is 1. The topological polar surface area (TPSA) is 105 Å². The summed E-state index contributed by atoms with van der Waals surface area (Å²) in [4.78, 5) is 27.5. The summed E-state index contributed by atoms with van der Waals surface area (Å²) in [6, 6.07) is 8.84. The lowest BCUT2D eigenvalue weighted by molar-refractivity contribution is -0.383. The van der Waals surface area contributed by atoms with E-state index in [4.69, 9.17) is 0 Å². The monoisotopic (exact) mass is 397 g/mol. The summed E-state index contributed by atoms with van der Waals surface area (Å²) in [5.74, 6) is -1.28. The Balaban J connectivity index is 2.21. The van der Waals surface area contributed by atoms with Crippen LogP contribution >= 0.6 is 0 Å². The van der Waals surface area contributed by atoms with Gasteiger partial charge in [0, 0.05) is 29.8 Å². The molecule has 1 unspecified atom stereocenters. The van der Waals surface area contributed by atoms with Gasteiger partial charge in [0.1, 0.15) is 17.1 Å². The van der Waals surface area contributed by atoms with E-state index in [1.54, 1.807) is 6.07 Å². The molecular weight excluding hydrogens is 377 g/mol. The van der Waals surface area contributed by atoms with Crippen LogP contribution < -0.4 is 5.32 Å². The second-order valence-electron chi connectivity index (χ2n) is 6.62. The van der Waals surface area contributed by atoms with Crippen molar-refractivity contribution in [1.82, 2.24) is 10.3 Å². The highest BCUT2D eigenvalue weighted by atomic mass is 19.1. The molecule has 1 amide bonds. The largest absolute Gasteiger partial charge is 0.505 e. The van der Waals surface area contributed by atoms with Gasteiger partial charge in [-0.05, 0) is 24.6 Å². The fraction of sp³-hybridized carbons (Fsp3) is 0.238. The van der Waals surface area contributed by atoms with Gasteiger partial charge in [0.25, 0.3) is 5.69 Å². The number of nitrogens with zero attached hydrogens (tertiary/aromatic N) is 2. The Kier molecular flexibility index (Phi) is 6.01. The second-order valence-corrected chi connectivity index (χ2v) is 6.62. The summed E-state index contributed by atoms with van der Waals surface area (Å²) < 4.78 is 14.6. The van der Waals surface area contributed by atoms with Crippen molar-refractivity contribution in [2.45, 2.75) is 32.2 Å². The van der Waals surface area contributed by atoms with Gasteiger partial charge in [-0.1, -0.05) is 31.5 Å². The Bertz CT molecular complexity index is 1070. The molecule has 150 valence electrons. The summed E-state index contributed by atoms with van der Waals surface area (Å²) >= 11 is 0. The number of nitro benzene ring substituents is 1. The van der Waals surface area contributed by atoms with E-state index in [1.807, 2.05) is 6.92 Å². The van der Waals surface area contributed by atoms with Crippen LogP contribution in [0, 0.1) is 15.9 Å². The summed E-state index contributed by atoms with van der Waals surface area (Å²) in [6.45, 7) is 1.94. The third-order valence-electron chi connectivity index (χ3n) is 4.66. The lowest BCUT2D eigenvalue weighted by Gasteiger charge is -2.22. The predicted molar refractivity (Wildman–Crippen MR) is 106 cm³/mol. The average Bonchev–Trinajstić information content (AvgIpc) is 2.71. The van der Waals surface area contributed by atoms with Crippen LogP contribution in [0.15, 0.2) is 48.7 Å². The van der Waals surface area contributed by atoms with Gasteiger partial charge >= 0.3 is 0 Å². The maximum atomic E-state index is 14.6. The molecule has 0 spiro atoms. The van der Waals surface area contributed by atoms with E-state index in [1.165, 1.54) is 36.5 Å². The van der Waals surface area contributed by atoms with Crippen molar-refractivity contribution >= 4 is 22.5 Å². The number of aromatic hydroxyl groups is 1. The molecule has 1 heterocycles. The van der Waals surface area contributed by atoms with E-state index in [0.29, 0.717) is 6.42 Å². The van der Waals surface area contributed by atoms with Gasteiger partial charge in [-0.25, -0.2) is 4.39 Å². The van der Waals surface area contributed by atoms with Crippen LogP contribution in [0.4, 0.5) is 10.1 Å². The first kappa shape index (κ1) is 20.2. The van der Waals surface area contributed by atoms with E-state index >= 15 is 0 Å². The molecular formula is C21H20FN3O4. The zero-order valence-electron chi connectivity index (χ0n) is 15.8. The normalized spacial score (nSPS) is 11.9. The lowest BCUT2D eigenvalue weighted by Crippen LogP contribution is -2.30. The Morgan fingerprint density at radius 3 is 2.72 bits per heavy atom. The number of fused-ring (bicyclic) bond motifs is 1. The first-order chi connectivity index (χ1) is 13.9. The molecule has 0 aliphatic rings. The standard InChI is InChI=1S/C21H20FN3O4/c1-2-3-10-18(26)24-19(13-7-4-5-9-16(13)22)15-12-17(25(28)29)14-8-6-11-23-20(14)21(15)27/h4-9,11-12,19,27H,2-3,10H2,1H3,(H,24,26). The fourth-order valence-electron chi connectivity index (χ4n) is 3.20. The molecule has 2 aromatic carbocycles. The minimum absolute atomic E-state index is 0.0119. The summed E-state index contributed by atoms with van der Waals surface area (Å²) in [5.41, 5.74) is -0.166. The number of hydrogen-bond donors (Lipinski definition) is 2. The molecule has 0 radical (unpaired) electrons. The summed E-state index contributed by atoms with van der Waals surface area (Å²) in [5, 5.41) is 25.3. The number of aromatic nitrogens is 1. The van der Waals surface area contributed by atoms with Crippen LogP contribution in [0.3, 0.4) is 0 Å². The van der Waals surface area contributed by atoms with Crippen LogP contribution in [0.5, 0.6) is 5.75 Å². The first-order valence-corrected chi connectivity index (χ1v) is 9.22. The van der Waals surface area contributed by atoms with E-state index in [2.05, 4.69) is 10.3 Å². The van der Waals surface area contributed by atoms with Crippen molar-refractivity contribution in [3.8, 4) is 5.75 Å². The van der Waals surface area contributed by atoms with Crippen molar-refractivity contribution < 1.29 is 19.2 Å². The predicted octanol–water partition coefficient (Wildman–Crippen LogP) is 4.38. The number of nitro groups is 1. The van der Waals surface area contributed by atoms with Crippen LogP contribution in [-0.4, -0.2) is 20.9 Å². The van der Waals surface area contributed by atoms with Crippen LogP contribution in [-0.2, 0) is 4.79 Å². The fourth-order valence-corrected chi connectivity index (χ4v) is 3.20. The van der Waals surface area contributed by atoms with Gasteiger partial charge in [0.15, 0.2) is 0 Å². The Morgan fingerprint density at radius 1 is 1.28 bits per heavy atom. The number of nitrogens with one attached hydrogen (secondary N) is 1. The zero-order valence-corrected chi connectivity index (χ0v) is 15.8. The van der Waals surface area contributed by atoms with E-state index in [9.17, 15) is 24.4 Å². The number of phenols is 1. The molecule has 29 heavy (non-hydrogen) atoms. The Labute approximate surface area is 166 Å². The van der Waals surface area contributed by atoms with E-state index in [-0.39, 0.29) is 45.8 Å². The molecule has 0 saturated heterocycles. The number of rotatable bonds is 7. The van der Waals surface area contributed by atoms with Gasteiger partial charge in [-0.2, -0.15) is 0 Å². The second kappa shape index (κ2) is 8.64. The van der Waals surface area contributed by atoms with Crippen molar-refractivity contribution in [3.05, 3.63) is 75.7 Å². The average molecular weight is 397 g/mol. The van der Waals surface area contributed by atoms with E-state index < -0.39 is 16.8 Å². The minimum atomic E-state index is -1.11. The molecule has 0 aliphatic carbocycles. The molecule has 0 fully saturated rings. The van der Waals surface area contributed by atoms with Crippen molar-refractivity contribution in [2.24, 2.45) is 0 Å². The molecule has 8 heteroatoms. The van der Waals surface area contributed by atoms with Gasteiger partial charge in [0.2, 0.25) is 5.91 Å². The minimum Gasteiger partial charge on any atom is -0.505 e. The first-order valence-electron chi connectivity index (χ1n) is 9.22. The number of hydrogen-bond acceptors (Lipinski definition) is 5. The summed E-state index contributed by atoms with van der Waals surface area (Å²) in [7, 11) is 0. The molecule has 0 aliphatic heterocycles. The van der Waals surface area contributed by atoms with Crippen LogP contribution in [0.1, 0.15) is 43.4 Å². The number of carbonyl (C=O) groups is 1. The number of carbonyl (C=O) groups excluding carboxylic acids is 1. The van der Waals surface area contributed by atoms with Crippen molar-refractivity contribution in [2.75, 3.05) is 0 Å². The Morgan fingerprint density at radius 2 is 2.03 bits per heavy atom. The van der Waals surface area contributed by atoms with Gasteiger partial charge < -0.3 is 10.4 Å². The number of phenolic OH excluding ortho intramolecular Hbond substituents is 1. The summed E-state index contributed by atoms with van der Waals surface area (Å²) in [6.07, 6.45) is 3.05. The molecule has 0 bridgehead atoms. The zero-order chi connectivity index (χ0) is 21.0. The van der Waals surface area contributed by atoms with Crippen LogP contribution in [0.25, 0.3) is 10.9 Å². The maximum absolute atomic E-state index is 14.6. The molecule has 3 aromatic rings. The SMILES string of the molecule is CCCCC(=O)NC(c1ccccc1F)c1cc([N+](=O)[O-])c2cccnc2c1O. The quantitative estimate of drug-likeness (QED) is 0.455. The number of amides is 1. The maximum Gasteiger partial charge on any atom is 0.279 e. The number of halogens is 1. The molecule has 1 aromatic heterocycles.